The van der Waals surface area contributed by atoms with Crippen molar-refractivity contribution in [2.75, 3.05) is 18.5 Å². The summed E-state index contributed by atoms with van der Waals surface area (Å²) in [6.07, 6.45) is 10.4. The van der Waals surface area contributed by atoms with Crippen LogP contribution in [-0.2, 0) is 9.47 Å². The van der Waals surface area contributed by atoms with Crippen LogP contribution in [0.25, 0.3) is 16.5 Å². The van der Waals surface area contributed by atoms with Crippen molar-refractivity contribution < 1.29 is 9.47 Å². The molecule has 1 spiro atoms. The molecule has 1 unspecified atom stereocenters. The molecule has 27 heavy (non-hydrogen) atoms. The van der Waals surface area contributed by atoms with E-state index in [1.165, 1.54) is 5.57 Å². The Morgan fingerprint density at radius 3 is 2.78 bits per heavy atom. The highest BCUT2D eigenvalue weighted by molar-refractivity contribution is 6.34. The topological polar surface area (TPSA) is 69.2 Å². The van der Waals surface area contributed by atoms with E-state index in [1.54, 1.807) is 6.20 Å². The number of ether oxygens (including phenoxy) is 2. The van der Waals surface area contributed by atoms with E-state index in [0.717, 1.165) is 48.6 Å². The Kier molecular flexibility index (Phi) is 5.30. The molecule has 0 radical (unpaired) electrons. The fraction of sp³-hybridized carbons (Fsp3) is 0.550. The lowest BCUT2D eigenvalue weighted by Gasteiger charge is -2.30. The van der Waals surface area contributed by atoms with Gasteiger partial charge in [-0.05, 0) is 25.3 Å². The Hall–Kier alpha value is -1.76. The maximum Gasteiger partial charge on any atom is 0.223 e. The van der Waals surface area contributed by atoms with Gasteiger partial charge in [-0.15, -0.1) is 0 Å². The van der Waals surface area contributed by atoms with Crippen molar-refractivity contribution in [3.05, 3.63) is 29.2 Å². The molecule has 1 fully saturated rings. The summed E-state index contributed by atoms with van der Waals surface area (Å²) in [6, 6.07) is 0.318. The summed E-state index contributed by atoms with van der Waals surface area (Å²) in [5.41, 5.74) is 3.06. The Morgan fingerprint density at radius 1 is 1.26 bits per heavy atom. The van der Waals surface area contributed by atoms with Crippen molar-refractivity contribution >= 4 is 34.0 Å². The number of nitrogens with zero attached hydrogens (tertiary/aromatic N) is 3. The number of nitrogens with one attached hydrogen (secondary N) is 1. The molecule has 7 heteroatoms. The van der Waals surface area contributed by atoms with E-state index in [2.05, 4.69) is 35.2 Å². The highest BCUT2D eigenvalue weighted by atomic mass is 35.5. The summed E-state index contributed by atoms with van der Waals surface area (Å²) in [5, 5.41) is 4.58. The van der Waals surface area contributed by atoms with E-state index in [4.69, 9.17) is 26.1 Å². The number of allylic oxidation sites excluding steroid dienone is 1. The van der Waals surface area contributed by atoms with Crippen molar-refractivity contribution in [2.24, 2.45) is 0 Å². The maximum absolute atomic E-state index is 6.30. The average molecular weight is 389 g/mol. The second-order valence-electron chi connectivity index (χ2n) is 7.29. The molecule has 6 nitrogen and oxygen atoms in total. The molecule has 1 aliphatic heterocycles. The van der Waals surface area contributed by atoms with E-state index in [9.17, 15) is 0 Å². The van der Waals surface area contributed by atoms with Gasteiger partial charge in [0.15, 0.2) is 5.79 Å². The van der Waals surface area contributed by atoms with Crippen molar-refractivity contribution in [3.63, 3.8) is 0 Å². The van der Waals surface area contributed by atoms with Gasteiger partial charge in [0.25, 0.3) is 0 Å². The van der Waals surface area contributed by atoms with E-state index >= 15 is 0 Å². The first-order chi connectivity index (χ1) is 13.1. The van der Waals surface area contributed by atoms with Crippen LogP contribution < -0.4 is 5.32 Å². The second kappa shape index (κ2) is 7.70. The quantitative estimate of drug-likeness (QED) is 0.755. The molecule has 0 bridgehead atoms. The number of aromatic nitrogens is 3. The van der Waals surface area contributed by atoms with Crippen LogP contribution >= 0.6 is 11.6 Å². The monoisotopic (exact) mass is 388 g/mol. The van der Waals surface area contributed by atoms with Gasteiger partial charge in [0, 0.05) is 36.8 Å². The minimum atomic E-state index is -0.434. The number of fused-ring (bicyclic) bond motifs is 1. The molecule has 3 heterocycles. The highest BCUT2D eigenvalue weighted by Gasteiger charge is 2.38. The first kappa shape index (κ1) is 18.6. The smallest absolute Gasteiger partial charge is 0.223 e. The van der Waals surface area contributed by atoms with Crippen LogP contribution in [0.3, 0.4) is 0 Å². The third kappa shape index (κ3) is 3.79. The van der Waals surface area contributed by atoms with Gasteiger partial charge in [0.1, 0.15) is 5.15 Å². The van der Waals surface area contributed by atoms with Crippen molar-refractivity contribution in [3.8, 4) is 0 Å². The predicted molar refractivity (Wildman–Crippen MR) is 107 cm³/mol. The van der Waals surface area contributed by atoms with Gasteiger partial charge < -0.3 is 14.8 Å². The number of rotatable bonds is 5. The lowest BCUT2D eigenvalue weighted by Crippen LogP contribution is -2.31. The van der Waals surface area contributed by atoms with E-state index in [1.807, 2.05) is 6.20 Å². The van der Waals surface area contributed by atoms with Crippen LogP contribution in [0, 0.1) is 0 Å². The van der Waals surface area contributed by atoms with Gasteiger partial charge in [-0.2, -0.15) is 0 Å². The first-order valence-electron chi connectivity index (χ1n) is 9.65. The second-order valence-corrected chi connectivity index (χ2v) is 7.65. The van der Waals surface area contributed by atoms with Gasteiger partial charge in [-0.1, -0.05) is 31.0 Å². The molecule has 1 atom stereocenters. The van der Waals surface area contributed by atoms with Crippen molar-refractivity contribution in [2.45, 2.75) is 57.8 Å². The summed E-state index contributed by atoms with van der Waals surface area (Å²) in [6.45, 7) is 5.66. The fourth-order valence-corrected chi connectivity index (χ4v) is 4.02. The number of halogens is 1. The molecule has 0 saturated carbocycles. The summed E-state index contributed by atoms with van der Waals surface area (Å²) >= 11 is 6.30. The molecule has 2 aromatic rings. The number of anilines is 1. The van der Waals surface area contributed by atoms with Gasteiger partial charge >= 0.3 is 0 Å². The molecule has 4 rings (SSSR count). The molecule has 2 aromatic heterocycles. The van der Waals surface area contributed by atoms with Gasteiger partial charge in [-0.3, -0.25) is 0 Å². The van der Waals surface area contributed by atoms with Gasteiger partial charge in [-0.25, -0.2) is 15.0 Å². The van der Waals surface area contributed by atoms with Gasteiger partial charge in [0.05, 0.1) is 24.1 Å². The maximum atomic E-state index is 6.30. The average Bonchev–Trinajstić information content (AvgIpc) is 3.11. The minimum absolute atomic E-state index is 0.318. The largest absolute Gasteiger partial charge is 0.352 e. The summed E-state index contributed by atoms with van der Waals surface area (Å²) in [5.74, 6) is 0.193. The van der Waals surface area contributed by atoms with E-state index in [0.29, 0.717) is 30.4 Å². The molecule has 1 aliphatic carbocycles. The molecule has 0 aromatic carbocycles. The van der Waals surface area contributed by atoms with Gasteiger partial charge in [0.2, 0.25) is 5.95 Å². The Bertz CT molecular complexity index is 864. The summed E-state index contributed by atoms with van der Waals surface area (Å²) in [4.78, 5) is 13.6. The van der Waals surface area contributed by atoms with E-state index < -0.39 is 5.79 Å². The summed E-state index contributed by atoms with van der Waals surface area (Å²) < 4.78 is 11.6. The molecule has 1 saturated heterocycles. The van der Waals surface area contributed by atoms with Crippen LogP contribution in [0.15, 0.2) is 18.5 Å². The lowest BCUT2D eigenvalue weighted by atomic mass is 9.90. The molecule has 0 amide bonds. The zero-order valence-electron chi connectivity index (χ0n) is 15.8. The Balaban J connectivity index is 1.67. The number of hydrogen-bond acceptors (Lipinski definition) is 6. The third-order valence-corrected chi connectivity index (χ3v) is 5.57. The normalized spacial score (nSPS) is 20.0. The number of pyridine rings is 1. The standard InChI is InChI=1S/C20H25ClN4O2/c1-3-4-13(2)24-19-23-12-16-17(25-19)15(11-22-18(16)21)14-5-7-20(8-6-14)26-9-10-27-20/h5,11-13H,3-4,6-10H2,1-2H3,(H,23,24,25). The van der Waals surface area contributed by atoms with Crippen molar-refractivity contribution in [1.29, 1.82) is 0 Å². The van der Waals surface area contributed by atoms with Crippen LogP contribution in [0.2, 0.25) is 5.15 Å². The molecule has 144 valence electrons. The Morgan fingerprint density at radius 2 is 2.07 bits per heavy atom. The van der Waals surface area contributed by atoms with Crippen LogP contribution in [0.4, 0.5) is 5.95 Å². The zero-order valence-corrected chi connectivity index (χ0v) is 16.6. The Labute approximate surface area is 164 Å². The fourth-order valence-electron chi connectivity index (χ4n) is 3.83. The SMILES string of the molecule is CCCC(C)Nc1ncc2c(Cl)ncc(C3=CCC4(CC3)OCCO4)c2n1. The zero-order chi connectivity index (χ0) is 18.9. The highest BCUT2D eigenvalue weighted by Crippen LogP contribution is 2.40. The third-order valence-electron chi connectivity index (χ3n) is 5.26. The van der Waals surface area contributed by atoms with Crippen LogP contribution in [0.1, 0.15) is 51.5 Å². The predicted octanol–water partition coefficient (Wildman–Crippen LogP) is 4.59. The number of hydrogen-bond donors (Lipinski definition) is 1. The van der Waals surface area contributed by atoms with Crippen LogP contribution in [0.5, 0.6) is 0 Å². The molecular weight excluding hydrogens is 364 g/mol. The lowest BCUT2D eigenvalue weighted by molar-refractivity contribution is -0.159. The summed E-state index contributed by atoms with van der Waals surface area (Å²) in [7, 11) is 0. The van der Waals surface area contributed by atoms with E-state index in [-0.39, 0.29) is 0 Å². The molecule has 2 aliphatic rings. The molecule has 1 N–H and O–H groups in total. The first-order valence-corrected chi connectivity index (χ1v) is 10.0. The molecular formula is C20H25ClN4O2. The van der Waals surface area contributed by atoms with Crippen molar-refractivity contribution in [1.82, 2.24) is 15.0 Å². The minimum Gasteiger partial charge on any atom is -0.352 e. The van der Waals surface area contributed by atoms with Crippen LogP contribution in [-0.4, -0.2) is 40.0 Å².